The molecule has 29 heavy (non-hydrogen) atoms. The first-order valence-corrected chi connectivity index (χ1v) is 10.5. The van der Waals surface area contributed by atoms with Gasteiger partial charge in [0.05, 0.1) is 32.0 Å². The van der Waals surface area contributed by atoms with Crippen LogP contribution in [0.3, 0.4) is 0 Å². The summed E-state index contributed by atoms with van der Waals surface area (Å²) < 4.78 is 16.6. The van der Waals surface area contributed by atoms with Crippen LogP contribution in [-0.2, 0) is 22.6 Å². The first kappa shape index (κ1) is 21.3. The van der Waals surface area contributed by atoms with Gasteiger partial charge in [-0.1, -0.05) is 24.8 Å². The van der Waals surface area contributed by atoms with Crippen molar-refractivity contribution in [2.24, 2.45) is 0 Å². The Hall–Kier alpha value is -2.42. The second kappa shape index (κ2) is 10.9. The van der Waals surface area contributed by atoms with Gasteiger partial charge >= 0.3 is 0 Å². The van der Waals surface area contributed by atoms with Crippen LogP contribution in [-0.4, -0.2) is 67.3 Å². The number of benzene rings is 1. The number of hydrogen-bond acceptors (Lipinski definition) is 7. The van der Waals surface area contributed by atoms with E-state index in [0.29, 0.717) is 24.7 Å². The molecule has 0 N–H and O–H groups in total. The molecule has 8 heteroatoms. The zero-order valence-corrected chi connectivity index (χ0v) is 17.5. The summed E-state index contributed by atoms with van der Waals surface area (Å²) in [4.78, 5) is 21.1. The van der Waals surface area contributed by atoms with Crippen molar-refractivity contribution in [2.75, 3.05) is 46.6 Å². The maximum absolute atomic E-state index is 12.5. The van der Waals surface area contributed by atoms with Crippen LogP contribution in [0.2, 0.25) is 0 Å². The van der Waals surface area contributed by atoms with Gasteiger partial charge in [-0.25, -0.2) is 4.98 Å². The number of carbonyl (C=O) groups is 1. The molecule has 1 fully saturated rings. The third-order valence-corrected chi connectivity index (χ3v) is 5.33. The number of hydrogen-bond donors (Lipinski definition) is 0. The number of para-hydroxylation sites is 2. The lowest BCUT2D eigenvalue weighted by Gasteiger charge is -2.25. The van der Waals surface area contributed by atoms with Crippen molar-refractivity contribution in [2.45, 2.75) is 13.1 Å². The fraction of sp³-hybridized carbons (Fsp3) is 0.429. The Morgan fingerprint density at radius 1 is 1.31 bits per heavy atom. The molecule has 156 valence electrons. The Kier molecular flexibility index (Phi) is 8.03. The van der Waals surface area contributed by atoms with Crippen molar-refractivity contribution < 1.29 is 19.0 Å². The summed E-state index contributed by atoms with van der Waals surface area (Å²) in [5.74, 6) is 1.01. The zero-order valence-electron chi connectivity index (χ0n) is 16.7. The number of nitrogens with zero attached hydrogens (tertiary/aromatic N) is 3. The van der Waals surface area contributed by atoms with Crippen molar-refractivity contribution >= 4 is 17.2 Å². The van der Waals surface area contributed by atoms with Gasteiger partial charge in [0.25, 0.3) is 5.91 Å². The highest BCUT2D eigenvalue weighted by Crippen LogP contribution is 2.26. The first-order valence-electron chi connectivity index (χ1n) is 9.58. The molecule has 2 heterocycles. The molecule has 2 aromatic rings. The number of likely N-dealkylation sites (N-methyl/N-ethyl adjacent to an activating group) is 1. The standard InChI is InChI=1S/C21H27N3O4S/c1-3-10-27-18-6-4-5-7-19(18)28-15-21(25)23(2)13-17-16-29-20(22-17)14-24-8-11-26-12-9-24/h3-7,16H,1,8-15H2,2H3. The van der Waals surface area contributed by atoms with Crippen LogP contribution in [0.1, 0.15) is 10.7 Å². The molecule has 0 saturated carbocycles. The van der Waals surface area contributed by atoms with Crippen molar-refractivity contribution in [1.82, 2.24) is 14.8 Å². The SMILES string of the molecule is C=CCOc1ccccc1OCC(=O)N(C)Cc1csc(CN2CCOCC2)n1. The van der Waals surface area contributed by atoms with Crippen LogP contribution in [0.5, 0.6) is 11.5 Å². The number of ether oxygens (including phenoxy) is 3. The smallest absolute Gasteiger partial charge is 0.260 e. The lowest BCUT2D eigenvalue weighted by Crippen LogP contribution is -2.35. The van der Waals surface area contributed by atoms with Gasteiger partial charge in [-0.3, -0.25) is 9.69 Å². The summed E-state index contributed by atoms with van der Waals surface area (Å²) in [5, 5.41) is 3.08. The lowest BCUT2D eigenvalue weighted by atomic mass is 10.3. The summed E-state index contributed by atoms with van der Waals surface area (Å²) in [6.45, 7) is 8.66. The molecule has 0 spiro atoms. The molecule has 0 aliphatic carbocycles. The Morgan fingerprint density at radius 2 is 2.03 bits per heavy atom. The normalized spacial score (nSPS) is 14.4. The second-order valence-electron chi connectivity index (χ2n) is 6.71. The molecule has 1 amide bonds. The minimum absolute atomic E-state index is 0.0598. The summed E-state index contributed by atoms with van der Waals surface area (Å²) in [6, 6.07) is 7.29. The number of carbonyl (C=O) groups excluding carboxylic acids is 1. The maximum atomic E-state index is 12.5. The fourth-order valence-corrected chi connectivity index (χ4v) is 3.69. The van der Waals surface area contributed by atoms with E-state index in [9.17, 15) is 4.79 Å². The van der Waals surface area contributed by atoms with Gasteiger partial charge in [-0.2, -0.15) is 0 Å². The van der Waals surface area contributed by atoms with E-state index in [1.807, 2.05) is 17.5 Å². The molecule has 0 radical (unpaired) electrons. The molecular weight excluding hydrogens is 390 g/mol. The quantitative estimate of drug-likeness (QED) is 0.554. The van der Waals surface area contributed by atoms with Crippen molar-refractivity contribution in [3.05, 3.63) is 53.0 Å². The molecule has 1 aromatic heterocycles. The van der Waals surface area contributed by atoms with E-state index in [1.165, 1.54) is 0 Å². The van der Waals surface area contributed by atoms with Gasteiger partial charge in [0.1, 0.15) is 11.6 Å². The number of rotatable bonds is 10. The molecular formula is C21H27N3O4S. The van der Waals surface area contributed by atoms with Crippen molar-refractivity contribution in [3.63, 3.8) is 0 Å². The molecule has 1 aliphatic rings. The molecule has 0 unspecified atom stereocenters. The predicted octanol–water partition coefficient (Wildman–Crippen LogP) is 2.58. The van der Waals surface area contributed by atoms with E-state index in [2.05, 4.69) is 16.5 Å². The van der Waals surface area contributed by atoms with Crippen LogP contribution in [0.4, 0.5) is 0 Å². The molecule has 7 nitrogen and oxygen atoms in total. The van der Waals surface area contributed by atoms with Gasteiger partial charge in [0.15, 0.2) is 18.1 Å². The summed E-state index contributed by atoms with van der Waals surface area (Å²) in [5.41, 5.74) is 0.892. The average molecular weight is 418 g/mol. The molecule has 0 bridgehead atoms. The minimum Gasteiger partial charge on any atom is -0.486 e. The van der Waals surface area contributed by atoms with E-state index in [4.69, 9.17) is 14.2 Å². The van der Waals surface area contributed by atoms with Gasteiger partial charge in [0.2, 0.25) is 0 Å². The molecule has 0 atom stereocenters. The van der Waals surface area contributed by atoms with Gasteiger partial charge < -0.3 is 19.1 Å². The number of aromatic nitrogens is 1. The van der Waals surface area contributed by atoms with E-state index in [0.717, 1.165) is 43.5 Å². The molecule has 1 aliphatic heterocycles. The van der Waals surface area contributed by atoms with E-state index in [1.54, 1.807) is 41.5 Å². The highest BCUT2D eigenvalue weighted by molar-refractivity contribution is 7.09. The third kappa shape index (κ3) is 6.56. The lowest BCUT2D eigenvalue weighted by molar-refractivity contribution is -0.132. The number of morpholine rings is 1. The van der Waals surface area contributed by atoms with Gasteiger partial charge in [0, 0.05) is 25.5 Å². The zero-order chi connectivity index (χ0) is 20.5. The largest absolute Gasteiger partial charge is 0.486 e. The third-order valence-electron chi connectivity index (χ3n) is 4.44. The summed E-state index contributed by atoms with van der Waals surface area (Å²) >= 11 is 1.63. The van der Waals surface area contributed by atoms with Crippen LogP contribution in [0.15, 0.2) is 42.3 Å². The summed E-state index contributed by atoms with van der Waals surface area (Å²) in [7, 11) is 1.76. The fourth-order valence-electron chi connectivity index (χ4n) is 2.86. The van der Waals surface area contributed by atoms with Crippen LogP contribution in [0, 0.1) is 0 Å². The Balaban J connectivity index is 1.48. The van der Waals surface area contributed by atoms with Crippen molar-refractivity contribution in [1.29, 1.82) is 0 Å². The number of amides is 1. The van der Waals surface area contributed by atoms with E-state index in [-0.39, 0.29) is 12.5 Å². The van der Waals surface area contributed by atoms with Crippen LogP contribution in [0.25, 0.3) is 0 Å². The first-order chi connectivity index (χ1) is 14.2. The van der Waals surface area contributed by atoms with Crippen molar-refractivity contribution in [3.8, 4) is 11.5 Å². The Bertz CT molecular complexity index is 805. The highest BCUT2D eigenvalue weighted by atomic mass is 32.1. The van der Waals surface area contributed by atoms with Crippen LogP contribution < -0.4 is 9.47 Å². The summed E-state index contributed by atoms with van der Waals surface area (Å²) in [6.07, 6.45) is 1.66. The van der Waals surface area contributed by atoms with Gasteiger partial charge in [-0.15, -0.1) is 11.3 Å². The van der Waals surface area contributed by atoms with Gasteiger partial charge in [-0.05, 0) is 12.1 Å². The number of thiazole rings is 1. The predicted molar refractivity (Wildman–Crippen MR) is 112 cm³/mol. The topological polar surface area (TPSA) is 64.1 Å². The van der Waals surface area contributed by atoms with Crippen LogP contribution >= 0.6 is 11.3 Å². The van der Waals surface area contributed by atoms with E-state index < -0.39 is 0 Å². The van der Waals surface area contributed by atoms with E-state index >= 15 is 0 Å². The minimum atomic E-state index is -0.119. The molecule has 1 aromatic carbocycles. The Labute approximate surface area is 175 Å². The monoisotopic (exact) mass is 417 g/mol. The molecule has 1 saturated heterocycles. The second-order valence-corrected chi connectivity index (χ2v) is 7.65. The highest BCUT2D eigenvalue weighted by Gasteiger charge is 2.16. The maximum Gasteiger partial charge on any atom is 0.260 e. The molecule has 3 rings (SSSR count). The average Bonchev–Trinajstić information content (AvgIpc) is 3.18. The Morgan fingerprint density at radius 3 is 2.76 bits per heavy atom.